The average molecular weight is 330 g/mol. The Morgan fingerprint density at radius 1 is 1.23 bits per heavy atom. The van der Waals surface area contributed by atoms with Gasteiger partial charge in [-0.3, -0.25) is 14.4 Å². The van der Waals surface area contributed by atoms with Crippen LogP contribution in [0.2, 0.25) is 0 Å². The second-order valence-electron chi connectivity index (χ2n) is 6.34. The molecule has 3 rings (SSSR count). The number of carbonyl (C=O) groups is 2. The first-order valence-corrected chi connectivity index (χ1v) is 9.72. The van der Waals surface area contributed by atoms with Crippen LogP contribution in [0.3, 0.4) is 0 Å². The molecule has 0 spiro atoms. The Kier molecular flexibility index (Phi) is 4.40. The van der Waals surface area contributed by atoms with Crippen molar-refractivity contribution in [2.24, 2.45) is 5.92 Å². The molecule has 0 radical (unpaired) electrons. The van der Waals surface area contributed by atoms with E-state index in [1.807, 2.05) is 0 Å². The molecular formula is C14H22N2O5S. The molecule has 0 aromatic rings. The molecule has 124 valence electrons. The Labute approximate surface area is 130 Å². The van der Waals surface area contributed by atoms with Gasteiger partial charge in [0.15, 0.2) is 9.84 Å². The van der Waals surface area contributed by atoms with Crippen molar-refractivity contribution < 1.29 is 22.8 Å². The fraction of sp³-hybridized carbons (Fsp3) is 0.857. The number of carbonyl (C=O) groups excluding carboxylic acids is 2. The van der Waals surface area contributed by atoms with Gasteiger partial charge >= 0.3 is 0 Å². The highest BCUT2D eigenvalue weighted by Crippen LogP contribution is 2.27. The summed E-state index contributed by atoms with van der Waals surface area (Å²) in [6.07, 6.45) is 3.54. The predicted molar refractivity (Wildman–Crippen MR) is 78.4 cm³/mol. The van der Waals surface area contributed by atoms with Crippen LogP contribution in [0.5, 0.6) is 0 Å². The van der Waals surface area contributed by atoms with E-state index in [1.54, 1.807) is 4.90 Å². The topological polar surface area (TPSA) is 84.0 Å². The van der Waals surface area contributed by atoms with E-state index in [-0.39, 0.29) is 35.8 Å². The lowest BCUT2D eigenvalue weighted by Crippen LogP contribution is -2.40. The van der Waals surface area contributed by atoms with Gasteiger partial charge in [0.2, 0.25) is 5.91 Å². The van der Waals surface area contributed by atoms with E-state index in [2.05, 4.69) is 0 Å². The van der Waals surface area contributed by atoms with Crippen molar-refractivity contribution in [1.29, 1.82) is 0 Å². The molecule has 0 aromatic heterocycles. The zero-order valence-electron chi connectivity index (χ0n) is 12.6. The molecule has 22 heavy (non-hydrogen) atoms. The van der Waals surface area contributed by atoms with Gasteiger partial charge in [0.05, 0.1) is 24.0 Å². The maximum atomic E-state index is 12.5. The van der Waals surface area contributed by atoms with Gasteiger partial charge < -0.3 is 4.90 Å². The van der Waals surface area contributed by atoms with E-state index >= 15 is 0 Å². The third-order valence-corrected chi connectivity index (χ3v) is 6.41. The SMILES string of the molecule is O=C(C1CC(=O)N(C2CCS(=O)(=O)C2)C1)N1CCCCCO1. The van der Waals surface area contributed by atoms with Gasteiger partial charge in [-0.1, -0.05) is 0 Å². The first-order valence-electron chi connectivity index (χ1n) is 7.90. The van der Waals surface area contributed by atoms with Crippen LogP contribution in [0.1, 0.15) is 32.1 Å². The molecule has 0 aromatic carbocycles. The Bertz CT molecular complexity index is 554. The quantitative estimate of drug-likeness (QED) is 0.710. The van der Waals surface area contributed by atoms with Crippen molar-refractivity contribution in [2.75, 3.05) is 31.2 Å². The third kappa shape index (κ3) is 3.27. The summed E-state index contributed by atoms with van der Waals surface area (Å²) in [6.45, 7) is 1.43. The molecule has 0 saturated carbocycles. The summed E-state index contributed by atoms with van der Waals surface area (Å²) in [5.74, 6) is -0.502. The number of sulfone groups is 1. The number of rotatable bonds is 2. The summed E-state index contributed by atoms with van der Waals surface area (Å²) in [6, 6.07) is -0.264. The van der Waals surface area contributed by atoms with Crippen LogP contribution in [0, 0.1) is 5.92 Å². The molecule has 0 N–H and O–H groups in total. The van der Waals surface area contributed by atoms with Crippen LogP contribution in [-0.4, -0.2) is 67.4 Å². The minimum Gasteiger partial charge on any atom is -0.338 e. The van der Waals surface area contributed by atoms with Crippen molar-refractivity contribution in [3.05, 3.63) is 0 Å². The number of amides is 2. The van der Waals surface area contributed by atoms with Gasteiger partial charge in [-0.25, -0.2) is 13.5 Å². The van der Waals surface area contributed by atoms with Crippen molar-refractivity contribution in [2.45, 2.75) is 38.1 Å². The minimum absolute atomic E-state index is 0.0276. The van der Waals surface area contributed by atoms with Crippen molar-refractivity contribution in [3.63, 3.8) is 0 Å². The Balaban J connectivity index is 1.62. The molecule has 3 heterocycles. The van der Waals surface area contributed by atoms with Crippen molar-refractivity contribution >= 4 is 21.7 Å². The molecule has 3 aliphatic heterocycles. The molecule has 8 heteroatoms. The number of hydrogen-bond donors (Lipinski definition) is 0. The summed E-state index contributed by atoms with van der Waals surface area (Å²) in [5.41, 5.74) is 0. The van der Waals surface area contributed by atoms with Gasteiger partial charge in [-0.15, -0.1) is 0 Å². The summed E-state index contributed by atoms with van der Waals surface area (Å²) < 4.78 is 23.1. The normalized spacial score (nSPS) is 32.3. The Hall–Kier alpha value is -1.15. The standard InChI is InChI=1S/C14H22N2O5S/c17-13-8-11(14(18)16-5-2-1-3-6-21-16)9-15(13)12-4-7-22(19,20)10-12/h11-12H,1-10H2. The first-order chi connectivity index (χ1) is 10.5. The van der Waals surface area contributed by atoms with Gasteiger partial charge in [0, 0.05) is 25.6 Å². The first kappa shape index (κ1) is 15.7. The van der Waals surface area contributed by atoms with E-state index in [1.165, 1.54) is 5.06 Å². The van der Waals surface area contributed by atoms with Crippen LogP contribution in [0.25, 0.3) is 0 Å². The maximum absolute atomic E-state index is 12.5. The molecule has 0 bridgehead atoms. The van der Waals surface area contributed by atoms with Crippen LogP contribution in [-0.2, 0) is 24.3 Å². The highest BCUT2D eigenvalue weighted by molar-refractivity contribution is 7.91. The summed E-state index contributed by atoms with van der Waals surface area (Å²) >= 11 is 0. The Morgan fingerprint density at radius 2 is 2.05 bits per heavy atom. The van der Waals surface area contributed by atoms with Gasteiger partial charge in [0.1, 0.15) is 0 Å². The molecule has 3 aliphatic rings. The average Bonchev–Trinajstić information content (AvgIpc) is 2.90. The van der Waals surface area contributed by atoms with E-state index in [0.29, 0.717) is 26.1 Å². The smallest absolute Gasteiger partial charge is 0.251 e. The Morgan fingerprint density at radius 3 is 2.77 bits per heavy atom. The molecule has 3 saturated heterocycles. The number of hydrogen-bond acceptors (Lipinski definition) is 5. The fourth-order valence-corrected chi connectivity index (χ4v) is 5.15. The van der Waals surface area contributed by atoms with Gasteiger partial charge in [-0.05, 0) is 25.7 Å². The summed E-state index contributed by atoms with van der Waals surface area (Å²) in [7, 11) is -3.03. The molecule has 7 nitrogen and oxygen atoms in total. The van der Waals surface area contributed by atoms with Crippen LogP contribution in [0.4, 0.5) is 0 Å². The van der Waals surface area contributed by atoms with Gasteiger partial charge in [0.25, 0.3) is 5.91 Å². The van der Waals surface area contributed by atoms with Crippen LogP contribution in [0.15, 0.2) is 0 Å². The second-order valence-corrected chi connectivity index (χ2v) is 8.57. The van der Waals surface area contributed by atoms with E-state index in [0.717, 1.165) is 19.3 Å². The number of nitrogens with zero attached hydrogens (tertiary/aromatic N) is 2. The highest BCUT2D eigenvalue weighted by atomic mass is 32.2. The van der Waals surface area contributed by atoms with E-state index in [4.69, 9.17) is 4.84 Å². The zero-order valence-corrected chi connectivity index (χ0v) is 13.4. The lowest BCUT2D eigenvalue weighted by Gasteiger charge is -2.25. The minimum atomic E-state index is -3.03. The van der Waals surface area contributed by atoms with Crippen molar-refractivity contribution in [1.82, 2.24) is 9.96 Å². The molecule has 2 unspecified atom stereocenters. The molecule has 2 amide bonds. The van der Waals surface area contributed by atoms with Crippen LogP contribution < -0.4 is 0 Å². The molecule has 0 aliphatic carbocycles. The molecule has 2 atom stereocenters. The van der Waals surface area contributed by atoms with Gasteiger partial charge in [-0.2, -0.15) is 0 Å². The van der Waals surface area contributed by atoms with E-state index < -0.39 is 15.8 Å². The molecular weight excluding hydrogens is 308 g/mol. The largest absolute Gasteiger partial charge is 0.338 e. The predicted octanol–water partition coefficient (Wildman–Crippen LogP) is -0.0339. The van der Waals surface area contributed by atoms with E-state index in [9.17, 15) is 18.0 Å². The molecule has 3 fully saturated rings. The summed E-state index contributed by atoms with van der Waals surface area (Å²) in [5, 5.41) is 1.40. The summed E-state index contributed by atoms with van der Waals surface area (Å²) in [4.78, 5) is 31.7. The van der Waals surface area contributed by atoms with Crippen LogP contribution >= 0.6 is 0 Å². The maximum Gasteiger partial charge on any atom is 0.251 e. The lowest BCUT2D eigenvalue weighted by molar-refractivity contribution is -0.187. The third-order valence-electron chi connectivity index (χ3n) is 4.66. The highest BCUT2D eigenvalue weighted by Gasteiger charge is 2.43. The number of likely N-dealkylation sites (tertiary alicyclic amines) is 1. The lowest BCUT2D eigenvalue weighted by atomic mass is 10.1. The van der Waals surface area contributed by atoms with Crippen molar-refractivity contribution in [3.8, 4) is 0 Å². The number of hydroxylamine groups is 2. The second kappa shape index (κ2) is 6.16. The monoisotopic (exact) mass is 330 g/mol. The zero-order chi connectivity index (χ0) is 15.7. The fourth-order valence-electron chi connectivity index (χ4n) is 3.42.